The number of anilines is 2. The van der Waals surface area contributed by atoms with E-state index in [4.69, 9.17) is 9.84 Å². The quantitative estimate of drug-likeness (QED) is 0.796. The van der Waals surface area contributed by atoms with Gasteiger partial charge in [0.2, 0.25) is 0 Å². The topological polar surface area (TPSA) is 95.0 Å². The molecule has 0 bridgehead atoms. The third-order valence-electron chi connectivity index (χ3n) is 4.37. The Hall–Kier alpha value is -3.13. The van der Waals surface area contributed by atoms with Crippen LogP contribution in [0.2, 0.25) is 0 Å². The predicted octanol–water partition coefficient (Wildman–Crippen LogP) is 1.55. The second-order valence-corrected chi connectivity index (χ2v) is 6.34. The first-order valence-corrected chi connectivity index (χ1v) is 8.66. The molecule has 2 N–H and O–H groups in total. The van der Waals surface area contributed by atoms with Crippen molar-refractivity contribution in [3.05, 3.63) is 48.3 Å². The fourth-order valence-corrected chi connectivity index (χ4v) is 2.85. The molecule has 0 radical (unpaired) electrons. The summed E-state index contributed by atoms with van der Waals surface area (Å²) in [5.41, 5.74) is 2.07. The highest BCUT2D eigenvalue weighted by molar-refractivity contribution is 6.05. The van der Waals surface area contributed by atoms with E-state index in [-0.39, 0.29) is 5.91 Å². The minimum absolute atomic E-state index is 0.261. The Labute approximate surface area is 157 Å². The van der Waals surface area contributed by atoms with E-state index in [2.05, 4.69) is 27.1 Å². The summed E-state index contributed by atoms with van der Waals surface area (Å²) < 4.78 is 5.08. The molecule has 1 aliphatic rings. The number of carboxylic acids is 1. The van der Waals surface area contributed by atoms with Crippen molar-refractivity contribution in [2.45, 2.75) is 0 Å². The number of carbonyl (C=O) groups excluding carboxylic acids is 1. The molecule has 1 fully saturated rings. The molecule has 1 saturated heterocycles. The van der Waals surface area contributed by atoms with Gasteiger partial charge < -0.3 is 25.0 Å². The minimum Gasteiger partial charge on any atom is -0.482 e. The van der Waals surface area contributed by atoms with Gasteiger partial charge in [0.15, 0.2) is 6.61 Å². The van der Waals surface area contributed by atoms with Crippen molar-refractivity contribution in [3.8, 4) is 5.75 Å². The normalized spacial score (nSPS) is 14.6. The van der Waals surface area contributed by atoms with E-state index in [1.54, 1.807) is 36.7 Å². The van der Waals surface area contributed by atoms with Crippen LogP contribution in [0.15, 0.2) is 42.7 Å². The van der Waals surface area contributed by atoms with Crippen LogP contribution in [0.25, 0.3) is 0 Å². The van der Waals surface area contributed by atoms with Gasteiger partial charge in [-0.15, -0.1) is 0 Å². The summed E-state index contributed by atoms with van der Waals surface area (Å²) in [4.78, 5) is 31.7. The van der Waals surface area contributed by atoms with E-state index in [1.807, 2.05) is 6.07 Å². The van der Waals surface area contributed by atoms with Crippen LogP contribution in [0.5, 0.6) is 5.75 Å². The van der Waals surface area contributed by atoms with Gasteiger partial charge >= 0.3 is 5.97 Å². The highest BCUT2D eigenvalue weighted by atomic mass is 16.5. The fraction of sp³-hybridized carbons (Fsp3) is 0.316. The van der Waals surface area contributed by atoms with Crippen LogP contribution in [0.4, 0.5) is 11.4 Å². The molecule has 0 aliphatic carbocycles. The van der Waals surface area contributed by atoms with Gasteiger partial charge in [-0.05, 0) is 37.4 Å². The number of likely N-dealkylation sites (N-methyl/N-ethyl adjacent to an activating group) is 1. The summed E-state index contributed by atoms with van der Waals surface area (Å²) in [5, 5.41) is 11.5. The molecule has 8 heteroatoms. The van der Waals surface area contributed by atoms with Crippen molar-refractivity contribution in [3.63, 3.8) is 0 Å². The molecule has 0 saturated carbocycles. The molecule has 142 valence electrons. The first-order chi connectivity index (χ1) is 13.0. The molecular weight excluding hydrogens is 348 g/mol. The van der Waals surface area contributed by atoms with E-state index in [1.165, 1.54) is 0 Å². The number of aliphatic carboxylic acids is 1. The third-order valence-corrected chi connectivity index (χ3v) is 4.37. The van der Waals surface area contributed by atoms with Gasteiger partial charge in [-0.2, -0.15) is 0 Å². The Kier molecular flexibility index (Phi) is 5.87. The number of hydrogen-bond acceptors (Lipinski definition) is 6. The van der Waals surface area contributed by atoms with E-state index in [9.17, 15) is 9.59 Å². The van der Waals surface area contributed by atoms with Crippen LogP contribution in [0.1, 0.15) is 10.4 Å². The van der Waals surface area contributed by atoms with Crippen LogP contribution in [-0.4, -0.2) is 66.7 Å². The molecule has 8 nitrogen and oxygen atoms in total. The van der Waals surface area contributed by atoms with Crippen LogP contribution >= 0.6 is 0 Å². The van der Waals surface area contributed by atoms with Crippen molar-refractivity contribution in [2.24, 2.45) is 0 Å². The molecule has 0 spiro atoms. The number of carbonyl (C=O) groups is 2. The van der Waals surface area contributed by atoms with Crippen molar-refractivity contribution >= 4 is 23.3 Å². The Morgan fingerprint density at radius 1 is 1.15 bits per heavy atom. The number of carboxylic acid groups (broad SMARTS) is 1. The van der Waals surface area contributed by atoms with E-state index in [0.29, 0.717) is 17.0 Å². The molecule has 2 heterocycles. The minimum atomic E-state index is -1.05. The van der Waals surface area contributed by atoms with Gasteiger partial charge in [-0.25, -0.2) is 4.79 Å². The largest absolute Gasteiger partial charge is 0.482 e. The van der Waals surface area contributed by atoms with E-state index >= 15 is 0 Å². The van der Waals surface area contributed by atoms with Gasteiger partial charge in [-0.3, -0.25) is 9.78 Å². The van der Waals surface area contributed by atoms with Crippen LogP contribution in [0, 0.1) is 0 Å². The van der Waals surface area contributed by atoms with E-state index < -0.39 is 12.6 Å². The first kappa shape index (κ1) is 18.7. The number of rotatable bonds is 6. The summed E-state index contributed by atoms with van der Waals surface area (Å²) in [6.45, 7) is 3.29. The van der Waals surface area contributed by atoms with Gasteiger partial charge in [0.1, 0.15) is 5.75 Å². The van der Waals surface area contributed by atoms with Crippen molar-refractivity contribution in [2.75, 3.05) is 50.1 Å². The molecule has 1 aliphatic heterocycles. The van der Waals surface area contributed by atoms with E-state index in [0.717, 1.165) is 31.9 Å². The highest BCUT2D eigenvalue weighted by Gasteiger charge is 2.18. The van der Waals surface area contributed by atoms with Crippen molar-refractivity contribution in [1.29, 1.82) is 0 Å². The number of aromatic nitrogens is 1. The summed E-state index contributed by atoms with van der Waals surface area (Å²) in [6, 6.07) is 8.24. The van der Waals surface area contributed by atoms with Crippen LogP contribution in [-0.2, 0) is 4.79 Å². The Morgan fingerprint density at radius 2 is 1.85 bits per heavy atom. The molecule has 3 rings (SSSR count). The summed E-state index contributed by atoms with van der Waals surface area (Å²) in [7, 11) is 2.09. The molecule has 2 aromatic rings. The monoisotopic (exact) mass is 370 g/mol. The first-order valence-electron chi connectivity index (χ1n) is 8.66. The molecule has 1 amide bonds. The van der Waals surface area contributed by atoms with Crippen LogP contribution < -0.4 is 15.0 Å². The summed E-state index contributed by atoms with van der Waals surface area (Å²) >= 11 is 0. The Balaban J connectivity index is 1.68. The molecule has 27 heavy (non-hydrogen) atoms. The van der Waals surface area contributed by atoms with Gasteiger partial charge in [0.05, 0.1) is 17.6 Å². The number of nitrogens with one attached hydrogen (secondary N) is 1. The lowest BCUT2D eigenvalue weighted by molar-refractivity contribution is -0.139. The zero-order valence-electron chi connectivity index (χ0n) is 15.1. The molecule has 1 aromatic heterocycles. The van der Waals surface area contributed by atoms with Crippen molar-refractivity contribution < 1.29 is 19.4 Å². The molecule has 0 unspecified atom stereocenters. The maximum absolute atomic E-state index is 12.6. The maximum Gasteiger partial charge on any atom is 0.341 e. The fourth-order valence-electron chi connectivity index (χ4n) is 2.85. The number of piperazine rings is 1. The number of amides is 1. The summed E-state index contributed by atoms with van der Waals surface area (Å²) in [5.74, 6) is -0.915. The Morgan fingerprint density at radius 3 is 2.52 bits per heavy atom. The number of benzene rings is 1. The van der Waals surface area contributed by atoms with Crippen LogP contribution in [0.3, 0.4) is 0 Å². The molecular formula is C19H22N4O4. The number of pyridine rings is 1. The third kappa shape index (κ3) is 4.95. The lowest BCUT2D eigenvalue weighted by atomic mass is 10.2. The van der Waals surface area contributed by atoms with Gasteiger partial charge in [-0.1, -0.05) is 0 Å². The second kappa shape index (κ2) is 8.50. The lowest BCUT2D eigenvalue weighted by Crippen LogP contribution is -2.44. The average molecular weight is 370 g/mol. The lowest BCUT2D eigenvalue weighted by Gasteiger charge is -2.34. The number of hydrogen-bond donors (Lipinski definition) is 2. The average Bonchev–Trinajstić information content (AvgIpc) is 2.68. The number of ether oxygens (including phenoxy) is 1. The Bertz CT molecular complexity index is 802. The van der Waals surface area contributed by atoms with Crippen molar-refractivity contribution in [1.82, 2.24) is 9.88 Å². The van der Waals surface area contributed by atoms with Gasteiger partial charge in [0, 0.05) is 37.9 Å². The standard InChI is InChI=1S/C19H22N4O4/c1-22-8-10-23(11-9-22)17-6-7-20-12-16(17)21-19(26)14-2-4-15(5-3-14)27-13-18(24)25/h2-7,12H,8-11,13H2,1H3,(H,21,26)(H,24,25). The molecule has 1 aromatic carbocycles. The second-order valence-electron chi connectivity index (χ2n) is 6.34. The highest BCUT2D eigenvalue weighted by Crippen LogP contribution is 2.26. The molecule has 0 atom stereocenters. The number of nitrogens with zero attached hydrogens (tertiary/aromatic N) is 3. The summed E-state index contributed by atoms with van der Waals surface area (Å²) in [6.07, 6.45) is 3.37. The smallest absolute Gasteiger partial charge is 0.341 e. The zero-order valence-corrected chi connectivity index (χ0v) is 15.1. The van der Waals surface area contributed by atoms with Gasteiger partial charge in [0.25, 0.3) is 5.91 Å². The zero-order chi connectivity index (χ0) is 19.2. The predicted molar refractivity (Wildman–Crippen MR) is 101 cm³/mol. The SMILES string of the molecule is CN1CCN(c2ccncc2NC(=O)c2ccc(OCC(=O)O)cc2)CC1. The maximum atomic E-state index is 12.6.